The van der Waals surface area contributed by atoms with Crippen molar-refractivity contribution in [2.75, 3.05) is 0 Å². The molecule has 0 aliphatic carbocycles. The summed E-state index contributed by atoms with van der Waals surface area (Å²) < 4.78 is 0. The first-order valence-electron chi connectivity index (χ1n) is 7.02. The Morgan fingerprint density at radius 1 is 1.16 bits per heavy atom. The minimum Gasteiger partial charge on any atom is -0.271 e. The van der Waals surface area contributed by atoms with Gasteiger partial charge >= 0.3 is 0 Å². The molecule has 2 aromatic rings. The minimum absolute atomic E-state index is 0.201. The highest BCUT2D eigenvalue weighted by atomic mass is 15.2. The molecule has 0 aliphatic heterocycles. The molecular weight excluding hydrogens is 234 g/mol. The maximum Gasteiger partial charge on any atom is 0.0705 e. The van der Waals surface area contributed by atoms with E-state index in [0.717, 1.165) is 17.9 Å². The van der Waals surface area contributed by atoms with Crippen LogP contribution < -0.4 is 11.3 Å². The number of aromatic nitrogens is 1. The number of nitrogens with one attached hydrogen (secondary N) is 1. The smallest absolute Gasteiger partial charge is 0.0705 e. The summed E-state index contributed by atoms with van der Waals surface area (Å²) in [6.07, 6.45) is 5.31. The third kappa shape index (κ3) is 3.52. The number of nitrogens with zero attached hydrogens (tertiary/aromatic N) is 1. The zero-order chi connectivity index (χ0) is 13.7. The molecular formula is C16H23N3. The summed E-state index contributed by atoms with van der Waals surface area (Å²) in [5, 5.41) is 1.19. The highest BCUT2D eigenvalue weighted by molar-refractivity contribution is 5.82. The molecule has 1 atom stereocenters. The van der Waals surface area contributed by atoms with Gasteiger partial charge in [0.2, 0.25) is 0 Å². The third-order valence-corrected chi connectivity index (χ3v) is 3.53. The van der Waals surface area contributed by atoms with Gasteiger partial charge in [-0.25, -0.2) is 0 Å². The van der Waals surface area contributed by atoms with E-state index in [0.29, 0.717) is 0 Å². The van der Waals surface area contributed by atoms with Crippen LogP contribution in [-0.4, -0.2) is 4.98 Å². The van der Waals surface area contributed by atoms with Crippen LogP contribution in [0.3, 0.4) is 0 Å². The van der Waals surface area contributed by atoms with E-state index in [1.54, 1.807) is 0 Å². The van der Waals surface area contributed by atoms with Gasteiger partial charge in [-0.15, -0.1) is 0 Å². The second kappa shape index (κ2) is 6.64. The first-order chi connectivity index (χ1) is 9.22. The Hall–Kier alpha value is -1.45. The van der Waals surface area contributed by atoms with Crippen molar-refractivity contribution in [3.05, 3.63) is 42.1 Å². The second-order valence-electron chi connectivity index (χ2n) is 5.46. The van der Waals surface area contributed by atoms with E-state index in [-0.39, 0.29) is 6.04 Å². The predicted octanol–water partition coefficient (Wildman–Crippen LogP) is 3.57. The Morgan fingerprint density at radius 2 is 2.00 bits per heavy atom. The Kier molecular flexibility index (Phi) is 4.88. The molecule has 102 valence electrons. The first kappa shape index (κ1) is 14.0. The Labute approximate surface area is 115 Å². The van der Waals surface area contributed by atoms with Crippen LogP contribution in [0.2, 0.25) is 0 Å². The van der Waals surface area contributed by atoms with Crippen LogP contribution in [0.1, 0.15) is 44.7 Å². The number of hydrogen-bond donors (Lipinski definition) is 2. The number of benzene rings is 1. The molecule has 0 aliphatic rings. The van der Waals surface area contributed by atoms with E-state index in [1.165, 1.54) is 23.8 Å². The molecule has 0 saturated heterocycles. The molecule has 0 bridgehead atoms. The van der Waals surface area contributed by atoms with Gasteiger partial charge in [0.25, 0.3) is 0 Å². The van der Waals surface area contributed by atoms with E-state index in [4.69, 9.17) is 5.84 Å². The summed E-state index contributed by atoms with van der Waals surface area (Å²) in [5.41, 5.74) is 5.24. The largest absolute Gasteiger partial charge is 0.271 e. The number of nitrogens with two attached hydrogens (primary N) is 1. The monoisotopic (exact) mass is 257 g/mol. The summed E-state index contributed by atoms with van der Waals surface area (Å²) >= 11 is 0. The fraction of sp³-hybridized carbons (Fsp3) is 0.438. The summed E-state index contributed by atoms with van der Waals surface area (Å²) in [4.78, 5) is 4.40. The molecule has 1 unspecified atom stereocenters. The number of hydrazine groups is 1. The lowest BCUT2D eigenvalue weighted by atomic mass is 9.95. The lowest BCUT2D eigenvalue weighted by Crippen LogP contribution is -2.28. The normalized spacial score (nSPS) is 13.1. The molecule has 3 nitrogen and oxygen atoms in total. The SMILES string of the molecule is CC(C)CCCC(NN)c1cccc2ncccc12. The van der Waals surface area contributed by atoms with Gasteiger partial charge in [-0.2, -0.15) is 0 Å². The molecule has 1 heterocycles. The van der Waals surface area contributed by atoms with Crippen LogP contribution in [-0.2, 0) is 0 Å². The molecule has 19 heavy (non-hydrogen) atoms. The summed E-state index contributed by atoms with van der Waals surface area (Å²) in [6, 6.07) is 10.5. The molecule has 1 aromatic carbocycles. The van der Waals surface area contributed by atoms with Crippen molar-refractivity contribution in [1.82, 2.24) is 10.4 Å². The van der Waals surface area contributed by atoms with Crippen LogP contribution in [0.4, 0.5) is 0 Å². The molecule has 3 N–H and O–H groups in total. The first-order valence-corrected chi connectivity index (χ1v) is 7.02. The zero-order valence-corrected chi connectivity index (χ0v) is 11.8. The second-order valence-corrected chi connectivity index (χ2v) is 5.46. The van der Waals surface area contributed by atoms with Gasteiger partial charge in [0.1, 0.15) is 0 Å². The maximum atomic E-state index is 5.74. The van der Waals surface area contributed by atoms with Crippen molar-refractivity contribution in [2.45, 2.75) is 39.2 Å². The summed E-state index contributed by atoms with van der Waals surface area (Å²) in [5.74, 6) is 6.49. The van der Waals surface area contributed by atoms with Crippen LogP contribution in [0, 0.1) is 5.92 Å². The van der Waals surface area contributed by atoms with Crippen LogP contribution in [0.5, 0.6) is 0 Å². The van der Waals surface area contributed by atoms with Gasteiger partial charge < -0.3 is 0 Å². The minimum atomic E-state index is 0.201. The molecule has 0 saturated carbocycles. The van der Waals surface area contributed by atoms with Crippen molar-refractivity contribution >= 4 is 10.9 Å². The molecule has 3 heteroatoms. The van der Waals surface area contributed by atoms with Gasteiger partial charge in [-0.1, -0.05) is 44.9 Å². The molecule has 2 rings (SSSR count). The van der Waals surface area contributed by atoms with Crippen molar-refractivity contribution in [3.8, 4) is 0 Å². The summed E-state index contributed by atoms with van der Waals surface area (Å²) in [7, 11) is 0. The quantitative estimate of drug-likeness (QED) is 0.614. The van der Waals surface area contributed by atoms with Gasteiger partial charge in [0, 0.05) is 17.6 Å². The average molecular weight is 257 g/mol. The lowest BCUT2D eigenvalue weighted by molar-refractivity contribution is 0.457. The summed E-state index contributed by atoms with van der Waals surface area (Å²) in [6.45, 7) is 4.51. The Bertz CT molecular complexity index is 517. The molecule has 0 radical (unpaired) electrons. The molecule has 0 spiro atoms. The van der Waals surface area contributed by atoms with Gasteiger partial charge in [-0.05, 0) is 30.0 Å². The number of rotatable bonds is 6. The average Bonchev–Trinajstić information content (AvgIpc) is 2.43. The maximum absolute atomic E-state index is 5.74. The highest BCUT2D eigenvalue weighted by Gasteiger charge is 2.12. The number of fused-ring (bicyclic) bond motifs is 1. The van der Waals surface area contributed by atoms with Crippen LogP contribution >= 0.6 is 0 Å². The molecule has 0 fully saturated rings. The fourth-order valence-electron chi connectivity index (χ4n) is 2.49. The predicted molar refractivity (Wildman–Crippen MR) is 80.5 cm³/mol. The van der Waals surface area contributed by atoms with E-state index < -0.39 is 0 Å². The molecule has 1 aromatic heterocycles. The highest BCUT2D eigenvalue weighted by Crippen LogP contribution is 2.26. The van der Waals surface area contributed by atoms with Crippen LogP contribution in [0.15, 0.2) is 36.5 Å². The topological polar surface area (TPSA) is 50.9 Å². The van der Waals surface area contributed by atoms with Crippen molar-refractivity contribution in [3.63, 3.8) is 0 Å². The third-order valence-electron chi connectivity index (χ3n) is 3.53. The van der Waals surface area contributed by atoms with E-state index in [1.807, 2.05) is 18.3 Å². The van der Waals surface area contributed by atoms with Gasteiger partial charge in [0.05, 0.1) is 5.52 Å². The van der Waals surface area contributed by atoms with E-state index >= 15 is 0 Å². The number of hydrogen-bond acceptors (Lipinski definition) is 3. The van der Waals surface area contributed by atoms with E-state index in [2.05, 4.69) is 42.5 Å². The van der Waals surface area contributed by atoms with Crippen LogP contribution in [0.25, 0.3) is 10.9 Å². The number of pyridine rings is 1. The van der Waals surface area contributed by atoms with Gasteiger partial charge in [-0.3, -0.25) is 16.3 Å². The van der Waals surface area contributed by atoms with Crippen molar-refractivity contribution in [1.29, 1.82) is 0 Å². The Morgan fingerprint density at radius 3 is 2.74 bits per heavy atom. The standard InChI is InChI=1S/C16H23N3/c1-12(2)6-3-10-16(19-17)14-7-4-9-15-13(14)8-5-11-18-15/h4-5,7-9,11-12,16,19H,3,6,10,17H2,1-2H3. The Balaban J connectivity index is 2.20. The van der Waals surface area contributed by atoms with E-state index in [9.17, 15) is 0 Å². The zero-order valence-electron chi connectivity index (χ0n) is 11.8. The van der Waals surface area contributed by atoms with Gasteiger partial charge in [0.15, 0.2) is 0 Å². The lowest BCUT2D eigenvalue weighted by Gasteiger charge is -2.18. The van der Waals surface area contributed by atoms with Crippen molar-refractivity contribution < 1.29 is 0 Å². The molecule has 0 amide bonds. The van der Waals surface area contributed by atoms with Crippen molar-refractivity contribution in [2.24, 2.45) is 11.8 Å². The fourth-order valence-corrected chi connectivity index (χ4v) is 2.49.